The Morgan fingerprint density at radius 2 is 1.00 bits per heavy atom. The minimum Gasteiger partial charge on any atom is -0.395 e. The molecule has 0 saturated heterocycles. The summed E-state index contributed by atoms with van der Waals surface area (Å²) in [5, 5.41) is 22.1. The number of non-ortho nitro benzene ring substituents is 2. The topological polar surface area (TPSA) is 150 Å². The molecule has 0 bridgehead atoms. The molecule has 0 radical (unpaired) electrons. The predicted molar refractivity (Wildman–Crippen MR) is 191 cm³/mol. The molecule has 0 aliphatic rings. The van der Waals surface area contributed by atoms with Gasteiger partial charge in [0, 0.05) is 30.9 Å². The molecule has 0 N–H and O–H groups in total. The van der Waals surface area contributed by atoms with Crippen LogP contribution in [0.1, 0.15) is 124 Å². The summed E-state index contributed by atoms with van der Waals surface area (Å²) in [6, 6.07) is 9.89. The number of unbranched alkanes of at least 4 members (excludes halogenated alkanes) is 15. The van der Waals surface area contributed by atoms with E-state index in [1.807, 2.05) is 13.8 Å². The van der Waals surface area contributed by atoms with Crippen LogP contribution in [-0.2, 0) is 18.6 Å². The molecule has 13 heteroatoms. The maximum absolute atomic E-state index is 13.8. The maximum Gasteiger partial charge on any atom is 0.587 e. The number of rotatable bonds is 30. The van der Waals surface area contributed by atoms with E-state index in [2.05, 4.69) is 6.92 Å². The van der Waals surface area contributed by atoms with Crippen molar-refractivity contribution in [2.45, 2.75) is 136 Å². The first-order valence-electron chi connectivity index (χ1n) is 18.0. The number of benzene rings is 2. The Labute approximate surface area is 292 Å². The van der Waals surface area contributed by atoms with Gasteiger partial charge in [-0.3, -0.25) is 24.8 Å². The van der Waals surface area contributed by atoms with E-state index in [-0.39, 0.29) is 42.2 Å². The maximum atomic E-state index is 13.8. The fourth-order valence-corrected chi connectivity index (χ4v) is 6.49. The highest BCUT2D eigenvalue weighted by atomic mass is 31.2. The van der Waals surface area contributed by atoms with Crippen molar-refractivity contribution in [2.24, 2.45) is 0 Å². The van der Waals surface area contributed by atoms with Gasteiger partial charge in [-0.25, -0.2) is 4.57 Å². The van der Waals surface area contributed by atoms with E-state index in [4.69, 9.17) is 23.0 Å². The highest BCUT2D eigenvalue weighted by Crippen LogP contribution is 2.50. The molecule has 12 nitrogen and oxygen atoms in total. The van der Waals surface area contributed by atoms with Gasteiger partial charge in [0.05, 0.1) is 29.2 Å². The zero-order valence-corrected chi connectivity index (χ0v) is 30.5. The Hall–Kier alpha value is -3.05. The lowest BCUT2D eigenvalue weighted by Gasteiger charge is -2.24. The standard InChI is InChI=1S/C36H57N2O10P/c1-4-5-6-7-8-9-10-11-12-13-14-15-16-17-18-19-28-44-29-36(46-31(2)3)30-45-49(43,47-34-24-20-32(21-25-34)37(39)40)48-35-26-22-33(23-27-35)38(41)42/h20-27,31,36H,4-19,28-30H2,1-3H3/t36-/m1/s1. The molecule has 0 aromatic heterocycles. The lowest BCUT2D eigenvalue weighted by molar-refractivity contribution is -0.385. The average molecular weight is 709 g/mol. The SMILES string of the molecule is CCCCCCCCCCCCCCCCCCOC[C@H](COP(=O)(Oc1ccc([N+](=O)[O-])cc1)Oc1ccc([N+](=O)[O-])cc1)OC(C)C. The Balaban J connectivity index is 1.75. The van der Waals surface area contributed by atoms with Crippen LogP contribution in [0.2, 0.25) is 0 Å². The molecule has 0 aliphatic heterocycles. The van der Waals surface area contributed by atoms with Crippen LogP contribution >= 0.6 is 7.82 Å². The third-order valence-corrected chi connectivity index (χ3v) is 9.19. The third kappa shape index (κ3) is 19.7. The molecule has 0 fully saturated rings. The first-order chi connectivity index (χ1) is 23.6. The first kappa shape index (κ1) is 42.1. The second-order valence-electron chi connectivity index (χ2n) is 12.6. The van der Waals surface area contributed by atoms with Crippen molar-refractivity contribution < 1.29 is 37.5 Å². The van der Waals surface area contributed by atoms with Crippen molar-refractivity contribution >= 4 is 19.2 Å². The molecule has 2 aromatic rings. The van der Waals surface area contributed by atoms with Gasteiger partial charge < -0.3 is 18.5 Å². The number of nitrogens with zero attached hydrogens (tertiary/aromatic N) is 2. The van der Waals surface area contributed by atoms with Crippen molar-refractivity contribution in [3.63, 3.8) is 0 Å². The number of phosphoric ester groups is 1. The van der Waals surface area contributed by atoms with E-state index in [9.17, 15) is 24.8 Å². The number of nitro benzene ring substituents is 2. The largest absolute Gasteiger partial charge is 0.587 e. The zero-order valence-electron chi connectivity index (χ0n) is 29.6. The van der Waals surface area contributed by atoms with Gasteiger partial charge in [0.1, 0.15) is 17.6 Å². The second-order valence-corrected chi connectivity index (χ2v) is 14.1. The minimum atomic E-state index is -4.39. The summed E-state index contributed by atoms with van der Waals surface area (Å²) in [6.07, 6.45) is 20.0. The molecule has 276 valence electrons. The molecule has 0 saturated carbocycles. The summed E-state index contributed by atoms with van der Waals surface area (Å²) >= 11 is 0. The molecule has 0 amide bonds. The van der Waals surface area contributed by atoms with Gasteiger partial charge in [-0.2, -0.15) is 0 Å². The lowest BCUT2D eigenvalue weighted by Crippen LogP contribution is -2.29. The normalized spacial score (nSPS) is 12.2. The summed E-state index contributed by atoms with van der Waals surface area (Å²) in [7, 11) is -4.39. The summed E-state index contributed by atoms with van der Waals surface area (Å²) in [6.45, 7) is 6.55. The molecule has 1 atom stereocenters. The average Bonchev–Trinajstić information content (AvgIpc) is 3.06. The van der Waals surface area contributed by atoms with Gasteiger partial charge in [0.15, 0.2) is 0 Å². The van der Waals surface area contributed by atoms with Crippen molar-refractivity contribution in [1.82, 2.24) is 0 Å². The van der Waals surface area contributed by atoms with Crippen LogP contribution < -0.4 is 9.05 Å². The minimum absolute atomic E-state index is 0.0110. The molecular formula is C36H57N2O10P. The third-order valence-electron chi connectivity index (χ3n) is 7.86. The molecule has 2 aromatic carbocycles. The lowest BCUT2D eigenvalue weighted by atomic mass is 10.0. The van der Waals surface area contributed by atoms with Gasteiger partial charge in [-0.05, 0) is 44.5 Å². The van der Waals surface area contributed by atoms with Gasteiger partial charge in [0.2, 0.25) is 0 Å². The summed E-state index contributed by atoms with van der Waals surface area (Å²) in [4.78, 5) is 20.9. The molecule has 0 aliphatic carbocycles. The van der Waals surface area contributed by atoms with E-state index < -0.39 is 23.8 Å². The van der Waals surface area contributed by atoms with E-state index in [0.29, 0.717) is 6.61 Å². The Morgan fingerprint density at radius 1 is 0.612 bits per heavy atom. The van der Waals surface area contributed by atoms with Gasteiger partial charge in [-0.1, -0.05) is 103 Å². The Morgan fingerprint density at radius 3 is 1.37 bits per heavy atom. The first-order valence-corrected chi connectivity index (χ1v) is 19.4. The summed E-state index contributed by atoms with van der Waals surface area (Å²) < 4.78 is 42.4. The molecule has 0 spiro atoms. The zero-order chi connectivity index (χ0) is 35.7. The van der Waals surface area contributed by atoms with E-state index in [1.165, 1.54) is 138 Å². The van der Waals surface area contributed by atoms with Crippen LogP contribution in [0.25, 0.3) is 0 Å². The Bertz CT molecular complexity index is 1160. The number of phosphoric acid groups is 1. The number of ether oxygens (including phenoxy) is 2. The monoisotopic (exact) mass is 708 g/mol. The van der Waals surface area contributed by atoms with Gasteiger partial charge in [-0.15, -0.1) is 0 Å². The highest BCUT2D eigenvalue weighted by molar-refractivity contribution is 7.49. The molecule has 49 heavy (non-hydrogen) atoms. The number of hydrogen-bond acceptors (Lipinski definition) is 10. The molecule has 0 unspecified atom stereocenters. The van der Waals surface area contributed by atoms with Crippen molar-refractivity contribution in [3.05, 3.63) is 68.8 Å². The molecule has 2 rings (SSSR count). The predicted octanol–water partition coefficient (Wildman–Crippen LogP) is 11.2. The van der Waals surface area contributed by atoms with Crippen LogP contribution in [0.15, 0.2) is 48.5 Å². The summed E-state index contributed by atoms with van der Waals surface area (Å²) in [5.74, 6) is 0.0221. The number of nitro groups is 2. The van der Waals surface area contributed by atoms with Gasteiger partial charge in [0.25, 0.3) is 11.4 Å². The van der Waals surface area contributed by atoms with Crippen LogP contribution in [0.5, 0.6) is 11.5 Å². The van der Waals surface area contributed by atoms with Crippen molar-refractivity contribution in [2.75, 3.05) is 19.8 Å². The summed E-state index contributed by atoms with van der Waals surface area (Å²) in [5.41, 5.74) is -0.349. The molecular weight excluding hydrogens is 651 g/mol. The quantitative estimate of drug-likeness (QED) is 0.0332. The molecule has 0 heterocycles. The van der Waals surface area contributed by atoms with Gasteiger partial charge >= 0.3 is 7.82 Å². The second kappa shape index (κ2) is 25.0. The number of hydrogen-bond donors (Lipinski definition) is 0. The van der Waals surface area contributed by atoms with Crippen LogP contribution in [0, 0.1) is 20.2 Å². The van der Waals surface area contributed by atoms with E-state index >= 15 is 0 Å². The van der Waals surface area contributed by atoms with Crippen LogP contribution in [0.3, 0.4) is 0 Å². The fourth-order valence-electron chi connectivity index (χ4n) is 5.24. The van der Waals surface area contributed by atoms with Crippen molar-refractivity contribution in [3.8, 4) is 11.5 Å². The Kier molecular flexibility index (Phi) is 21.5. The van der Waals surface area contributed by atoms with E-state index in [1.54, 1.807) is 0 Å². The fraction of sp³-hybridized carbons (Fsp3) is 0.667. The highest BCUT2D eigenvalue weighted by Gasteiger charge is 2.33. The van der Waals surface area contributed by atoms with Crippen molar-refractivity contribution in [1.29, 1.82) is 0 Å². The smallest absolute Gasteiger partial charge is 0.395 e. The van der Waals surface area contributed by atoms with E-state index in [0.717, 1.165) is 12.8 Å². The van der Waals surface area contributed by atoms with Crippen LogP contribution in [0.4, 0.5) is 11.4 Å². The van der Waals surface area contributed by atoms with Crippen LogP contribution in [-0.4, -0.2) is 41.9 Å².